The molecule has 3 nitrogen and oxygen atoms in total. The van der Waals surface area contributed by atoms with Crippen molar-refractivity contribution in [1.29, 1.82) is 5.26 Å². The lowest BCUT2D eigenvalue weighted by molar-refractivity contribution is 0.205. The van der Waals surface area contributed by atoms with Crippen LogP contribution in [0.4, 0.5) is 4.39 Å². The molecule has 1 aromatic rings. The summed E-state index contributed by atoms with van der Waals surface area (Å²) in [6.45, 7) is 2.71. The summed E-state index contributed by atoms with van der Waals surface area (Å²) < 4.78 is 13.1. The highest BCUT2D eigenvalue weighted by Crippen LogP contribution is 2.15. The molecule has 0 saturated carbocycles. The van der Waals surface area contributed by atoms with Crippen LogP contribution in [0.2, 0.25) is 0 Å². The molecule has 2 N–H and O–H groups in total. The van der Waals surface area contributed by atoms with E-state index in [0.717, 1.165) is 38.0 Å². The van der Waals surface area contributed by atoms with Gasteiger partial charge in [-0.25, -0.2) is 4.39 Å². The molecule has 0 aromatic heterocycles. The first kappa shape index (κ1) is 12.0. The molecule has 1 aliphatic rings. The molecule has 0 spiro atoms. The van der Waals surface area contributed by atoms with Crippen LogP contribution in [0.25, 0.3) is 0 Å². The highest BCUT2D eigenvalue weighted by Gasteiger charge is 2.16. The van der Waals surface area contributed by atoms with E-state index >= 15 is 0 Å². The van der Waals surface area contributed by atoms with Gasteiger partial charge in [0.05, 0.1) is 5.56 Å². The highest BCUT2D eigenvalue weighted by atomic mass is 19.1. The zero-order valence-electron chi connectivity index (χ0n) is 9.69. The summed E-state index contributed by atoms with van der Waals surface area (Å²) in [5.41, 5.74) is 6.94. The maximum atomic E-state index is 13.1. The minimum absolute atomic E-state index is 0.121. The van der Waals surface area contributed by atoms with Gasteiger partial charge in [-0.2, -0.15) is 5.26 Å². The number of halogens is 1. The molecule has 2 rings (SSSR count). The van der Waals surface area contributed by atoms with Crippen molar-refractivity contribution >= 4 is 0 Å². The van der Waals surface area contributed by atoms with Gasteiger partial charge in [0.1, 0.15) is 11.9 Å². The maximum absolute atomic E-state index is 13.1. The fourth-order valence-electron chi connectivity index (χ4n) is 2.13. The SMILES string of the molecule is N#Cc1cc(CN2CCC(N)CC2)ccc1F. The minimum atomic E-state index is -0.447. The van der Waals surface area contributed by atoms with Crippen LogP contribution in [0.5, 0.6) is 0 Å². The van der Waals surface area contributed by atoms with Crippen LogP contribution in [-0.4, -0.2) is 24.0 Å². The van der Waals surface area contributed by atoms with Crippen LogP contribution in [0.3, 0.4) is 0 Å². The first-order valence-electron chi connectivity index (χ1n) is 5.85. The van der Waals surface area contributed by atoms with E-state index in [4.69, 9.17) is 11.0 Å². The van der Waals surface area contributed by atoms with Gasteiger partial charge in [-0.1, -0.05) is 6.07 Å². The summed E-state index contributed by atoms with van der Waals surface area (Å²) >= 11 is 0. The third-order valence-electron chi connectivity index (χ3n) is 3.19. The zero-order valence-corrected chi connectivity index (χ0v) is 9.69. The van der Waals surface area contributed by atoms with Crippen LogP contribution in [0.15, 0.2) is 18.2 Å². The van der Waals surface area contributed by atoms with Crippen molar-refractivity contribution in [2.75, 3.05) is 13.1 Å². The van der Waals surface area contributed by atoms with Crippen LogP contribution in [0.1, 0.15) is 24.0 Å². The Hall–Kier alpha value is -1.44. The molecule has 0 atom stereocenters. The van der Waals surface area contributed by atoms with Crippen LogP contribution < -0.4 is 5.73 Å². The Labute approximate surface area is 101 Å². The Bertz CT molecular complexity index is 431. The molecule has 90 valence electrons. The van der Waals surface area contributed by atoms with E-state index in [1.165, 1.54) is 6.07 Å². The average Bonchev–Trinajstić information content (AvgIpc) is 2.34. The second-order valence-electron chi connectivity index (χ2n) is 4.54. The molecule has 0 amide bonds. The van der Waals surface area contributed by atoms with Crippen molar-refractivity contribution in [1.82, 2.24) is 4.90 Å². The first-order valence-corrected chi connectivity index (χ1v) is 5.85. The average molecular weight is 233 g/mol. The molecule has 0 unspecified atom stereocenters. The van der Waals surface area contributed by atoms with Crippen molar-refractivity contribution in [3.05, 3.63) is 35.1 Å². The Morgan fingerprint density at radius 3 is 2.76 bits per heavy atom. The number of likely N-dealkylation sites (tertiary alicyclic amines) is 1. The molecule has 0 aliphatic carbocycles. The van der Waals surface area contributed by atoms with Gasteiger partial charge in [-0.3, -0.25) is 4.90 Å². The summed E-state index contributed by atoms with van der Waals surface area (Å²) in [5, 5.41) is 8.76. The van der Waals surface area contributed by atoms with Gasteiger partial charge in [0.25, 0.3) is 0 Å². The summed E-state index contributed by atoms with van der Waals surface area (Å²) in [7, 11) is 0. The summed E-state index contributed by atoms with van der Waals surface area (Å²) in [6, 6.07) is 6.91. The number of benzene rings is 1. The Morgan fingerprint density at radius 2 is 2.12 bits per heavy atom. The van der Waals surface area contributed by atoms with Gasteiger partial charge >= 0.3 is 0 Å². The van der Waals surface area contributed by atoms with E-state index < -0.39 is 5.82 Å². The van der Waals surface area contributed by atoms with E-state index in [1.54, 1.807) is 12.1 Å². The minimum Gasteiger partial charge on any atom is -0.328 e. The maximum Gasteiger partial charge on any atom is 0.140 e. The second kappa shape index (κ2) is 5.26. The van der Waals surface area contributed by atoms with Crippen molar-refractivity contribution in [3.8, 4) is 6.07 Å². The Morgan fingerprint density at radius 1 is 1.41 bits per heavy atom. The van der Waals surface area contributed by atoms with Crippen molar-refractivity contribution < 1.29 is 4.39 Å². The summed E-state index contributed by atoms with van der Waals surface area (Å²) in [5.74, 6) is -0.447. The van der Waals surface area contributed by atoms with Crippen molar-refractivity contribution in [2.45, 2.75) is 25.4 Å². The number of rotatable bonds is 2. The van der Waals surface area contributed by atoms with E-state index in [0.29, 0.717) is 6.04 Å². The summed E-state index contributed by atoms with van der Waals surface area (Å²) in [4.78, 5) is 2.29. The molecule has 1 fully saturated rings. The predicted molar refractivity (Wildman–Crippen MR) is 63.6 cm³/mol. The molecular weight excluding hydrogens is 217 g/mol. The number of hydrogen-bond acceptors (Lipinski definition) is 3. The quantitative estimate of drug-likeness (QED) is 0.844. The third kappa shape index (κ3) is 3.02. The fourth-order valence-corrected chi connectivity index (χ4v) is 2.13. The molecule has 17 heavy (non-hydrogen) atoms. The topological polar surface area (TPSA) is 53.0 Å². The van der Waals surface area contributed by atoms with E-state index in [1.807, 2.05) is 6.07 Å². The largest absolute Gasteiger partial charge is 0.328 e. The molecule has 1 aromatic carbocycles. The monoisotopic (exact) mass is 233 g/mol. The third-order valence-corrected chi connectivity index (χ3v) is 3.19. The number of hydrogen-bond donors (Lipinski definition) is 1. The molecular formula is C13H16FN3. The number of piperidine rings is 1. The first-order chi connectivity index (χ1) is 8.19. The number of nitriles is 1. The molecule has 0 bridgehead atoms. The van der Waals surface area contributed by atoms with E-state index in [2.05, 4.69) is 4.90 Å². The zero-order chi connectivity index (χ0) is 12.3. The van der Waals surface area contributed by atoms with Crippen molar-refractivity contribution in [2.24, 2.45) is 5.73 Å². The number of nitrogens with two attached hydrogens (primary N) is 1. The second-order valence-corrected chi connectivity index (χ2v) is 4.54. The smallest absolute Gasteiger partial charge is 0.140 e. The van der Waals surface area contributed by atoms with Gasteiger partial charge in [0, 0.05) is 12.6 Å². The molecule has 0 radical (unpaired) electrons. The Balaban J connectivity index is 2.02. The normalized spacial score (nSPS) is 17.9. The van der Waals surface area contributed by atoms with Gasteiger partial charge in [-0.15, -0.1) is 0 Å². The molecule has 1 aliphatic heterocycles. The van der Waals surface area contributed by atoms with Crippen LogP contribution >= 0.6 is 0 Å². The summed E-state index contributed by atoms with van der Waals surface area (Å²) in [6.07, 6.45) is 2.01. The number of nitrogens with zero attached hydrogens (tertiary/aromatic N) is 2. The lowest BCUT2D eigenvalue weighted by atomic mass is 10.0. The standard InChI is InChI=1S/C13H16FN3/c14-13-2-1-10(7-11(13)8-15)9-17-5-3-12(16)4-6-17/h1-2,7,12H,3-6,9,16H2. The van der Waals surface area contributed by atoms with Gasteiger partial charge < -0.3 is 5.73 Å². The van der Waals surface area contributed by atoms with Gasteiger partial charge in [0.2, 0.25) is 0 Å². The van der Waals surface area contributed by atoms with Crippen LogP contribution in [-0.2, 0) is 6.54 Å². The fraction of sp³-hybridized carbons (Fsp3) is 0.462. The van der Waals surface area contributed by atoms with E-state index in [9.17, 15) is 4.39 Å². The Kier molecular flexibility index (Phi) is 3.72. The predicted octanol–water partition coefficient (Wildman–Crippen LogP) is 1.62. The molecule has 4 heteroatoms. The molecule has 1 saturated heterocycles. The lowest BCUT2D eigenvalue weighted by Crippen LogP contribution is -2.39. The highest BCUT2D eigenvalue weighted by molar-refractivity contribution is 5.34. The van der Waals surface area contributed by atoms with E-state index in [-0.39, 0.29) is 5.56 Å². The van der Waals surface area contributed by atoms with Crippen LogP contribution in [0, 0.1) is 17.1 Å². The van der Waals surface area contributed by atoms with Gasteiger partial charge in [-0.05, 0) is 43.6 Å². The molecule has 1 heterocycles. The van der Waals surface area contributed by atoms with Gasteiger partial charge in [0.15, 0.2) is 0 Å². The lowest BCUT2D eigenvalue weighted by Gasteiger charge is -2.30. The van der Waals surface area contributed by atoms with Crippen molar-refractivity contribution in [3.63, 3.8) is 0 Å².